The van der Waals surface area contributed by atoms with Crippen LogP contribution in [0.3, 0.4) is 0 Å². The molecule has 0 unspecified atom stereocenters. The molecule has 2 N–H and O–H groups in total. The number of rotatable bonds is 10. The van der Waals surface area contributed by atoms with E-state index in [-0.39, 0.29) is 11.1 Å². The smallest absolute Gasteiger partial charge is 0.336 e. The molecule has 3 rings (SSSR count). The molecule has 6 nitrogen and oxygen atoms in total. The first-order valence-electron chi connectivity index (χ1n) is 9.86. The number of carbonyl (C=O) groups is 2. The number of hydrogen-bond donors (Lipinski definition) is 2. The van der Waals surface area contributed by atoms with E-state index >= 15 is 0 Å². The lowest BCUT2D eigenvalue weighted by molar-refractivity contribution is 0.0684. The van der Waals surface area contributed by atoms with Gasteiger partial charge >= 0.3 is 11.9 Å². The van der Waals surface area contributed by atoms with Crippen LogP contribution < -0.4 is 0 Å². The van der Waals surface area contributed by atoms with Crippen molar-refractivity contribution >= 4 is 23.7 Å². The van der Waals surface area contributed by atoms with Crippen molar-refractivity contribution in [2.24, 2.45) is 0 Å². The summed E-state index contributed by atoms with van der Waals surface area (Å²) >= 11 is 1.41. The summed E-state index contributed by atoms with van der Waals surface area (Å²) in [5.41, 5.74) is 1.58. The van der Waals surface area contributed by atoms with Gasteiger partial charge in [-0.05, 0) is 42.7 Å². The molecule has 156 valence electrons. The zero-order valence-electron chi connectivity index (χ0n) is 16.7. The fraction of sp³-hybridized carbons (Fsp3) is 0.261. The van der Waals surface area contributed by atoms with Gasteiger partial charge in [-0.3, -0.25) is 0 Å². The summed E-state index contributed by atoms with van der Waals surface area (Å²) in [5, 5.41) is 19.4. The molecule has 0 fully saturated rings. The Morgan fingerprint density at radius 3 is 2.40 bits per heavy atom. The first kappa shape index (κ1) is 21.6. The van der Waals surface area contributed by atoms with E-state index in [0.717, 1.165) is 42.1 Å². The molecule has 0 saturated carbocycles. The van der Waals surface area contributed by atoms with Gasteiger partial charge in [-0.2, -0.15) is 0 Å². The largest absolute Gasteiger partial charge is 0.478 e. The molecule has 3 aromatic rings. The summed E-state index contributed by atoms with van der Waals surface area (Å²) in [7, 11) is 0. The van der Waals surface area contributed by atoms with Crippen LogP contribution in [0.15, 0.2) is 64.6 Å². The van der Waals surface area contributed by atoms with E-state index in [4.69, 9.17) is 5.11 Å². The topological polar surface area (TPSA) is 92.4 Å². The van der Waals surface area contributed by atoms with E-state index in [1.807, 2.05) is 30.5 Å². The zero-order chi connectivity index (χ0) is 21.5. The van der Waals surface area contributed by atoms with Crippen LogP contribution >= 0.6 is 11.8 Å². The van der Waals surface area contributed by atoms with Crippen molar-refractivity contribution in [3.05, 3.63) is 77.2 Å². The normalized spacial score (nSPS) is 10.8. The van der Waals surface area contributed by atoms with Crippen LogP contribution in [0.5, 0.6) is 0 Å². The Labute approximate surface area is 179 Å². The van der Waals surface area contributed by atoms with Gasteiger partial charge in [-0.15, -0.1) is 0 Å². The predicted octanol–water partition coefficient (Wildman–Crippen LogP) is 5.02. The van der Waals surface area contributed by atoms with Crippen LogP contribution in [0.25, 0.3) is 0 Å². The first-order chi connectivity index (χ1) is 14.5. The van der Waals surface area contributed by atoms with Crippen LogP contribution in [0, 0.1) is 0 Å². The predicted molar refractivity (Wildman–Crippen MR) is 115 cm³/mol. The number of nitrogens with zero attached hydrogens (tertiary/aromatic N) is 2. The van der Waals surface area contributed by atoms with Gasteiger partial charge < -0.3 is 14.8 Å². The number of carboxylic acids is 2. The molecule has 0 radical (unpaired) electrons. The quantitative estimate of drug-likeness (QED) is 0.475. The number of unbranched alkanes of at least 4 members (excludes halogenated alkanes) is 1. The molecule has 0 amide bonds. The summed E-state index contributed by atoms with van der Waals surface area (Å²) < 4.78 is 2.14. The van der Waals surface area contributed by atoms with E-state index in [0.29, 0.717) is 11.4 Å². The van der Waals surface area contributed by atoms with Gasteiger partial charge in [0.1, 0.15) is 5.82 Å². The van der Waals surface area contributed by atoms with Crippen molar-refractivity contribution in [1.29, 1.82) is 0 Å². The molecule has 7 heteroatoms. The van der Waals surface area contributed by atoms with Crippen LogP contribution in [0.4, 0.5) is 0 Å². The second kappa shape index (κ2) is 10.1. The fourth-order valence-corrected chi connectivity index (χ4v) is 4.20. The SMILES string of the molecule is CCCCc1ncc(Sc2ccccc2C(=O)O)n1CCc1ccc(C(=O)O)cc1. The minimum atomic E-state index is -0.950. The van der Waals surface area contributed by atoms with Crippen LogP contribution in [-0.2, 0) is 19.4 Å². The molecule has 0 spiro atoms. The van der Waals surface area contributed by atoms with Crippen LogP contribution in [0.1, 0.15) is 51.9 Å². The lowest BCUT2D eigenvalue weighted by atomic mass is 10.1. The Balaban J connectivity index is 1.83. The third-order valence-corrected chi connectivity index (χ3v) is 5.92. The van der Waals surface area contributed by atoms with Crippen molar-refractivity contribution in [2.75, 3.05) is 0 Å². The summed E-state index contributed by atoms with van der Waals surface area (Å²) in [6.07, 6.45) is 5.48. The van der Waals surface area contributed by atoms with E-state index in [2.05, 4.69) is 16.5 Å². The highest BCUT2D eigenvalue weighted by atomic mass is 32.2. The van der Waals surface area contributed by atoms with E-state index in [1.54, 1.807) is 24.3 Å². The molecule has 0 aliphatic rings. The number of benzene rings is 2. The fourth-order valence-electron chi connectivity index (χ4n) is 3.15. The molecule has 30 heavy (non-hydrogen) atoms. The number of aromatic nitrogens is 2. The molecule has 0 saturated heterocycles. The Morgan fingerprint density at radius 1 is 1.00 bits per heavy atom. The highest BCUT2D eigenvalue weighted by Crippen LogP contribution is 2.31. The monoisotopic (exact) mass is 424 g/mol. The minimum Gasteiger partial charge on any atom is -0.478 e. The van der Waals surface area contributed by atoms with E-state index < -0.39 is 11.9 Å². The van der Waals surface area contributed by atoms with Gasteiger partial charge in [0.25, 0.3) is 0 Å². The third-order valence-electron chi connectivity index (χ3n) is 4.81. The summed E-state index contributed by atoms with van der Waals surface area (Å²) in [6.45, 7) is 2.82. The van der Waals surface area contributed by atoms with E-state index in [9.17, 15) is 14.7 Å². The average Bonchev–Trinajstić information content (AvgIpc) is 3.12. The molecule has 0 aliphatic heterocycles. The van der Waals surface area contributed by atoms with Gasteiger partial charge in [-0.25, -0.2) is 14.6 Å². The third kappa shape index (κ3) is 5.30. The molecular weight excluding hydrogens is 400 g/mol. The van der Waals surface area contributed by atoms with Crippen LogP contribution in [0.2, 0.25) is 0 Å². The van der Waals surface area contributed by atoms with E-state index in [1.165, 1.54) is 11.8 Å². The van der Waals surface area contributed by atoms with Gasteiger partial charge in [0.2, 0.25) is 0 Å². The number of aromatic carboxylic acids is 2. The second-order valence-electron chi connectivity index (χ2n) is 6.92. The molecule has 0 atom stereocenters. The first-order valence-corrected chi connectivity index (χ1v) is 10.7. The highest BCUT2D eigenvalue weighted by Gasteiger charge is 2.15. The molecule has 0 bridgehead atoms. The van der Waals surface area contributed by atoms with Crippen molar-refractivity contribution in [3.63, 3.8) is 0 Å². The molecule has 2 aromatic carbocycles. The lowest BCUT2D eigenvalue weighted by Gasteiger charge is -2.13. The van der Waals surface area contributed by atoms with Gasteiger partial charge in [-0.1, -0.05) is 49.4 Å². The Bertz CT molecular complexity index is 1030. The van der Waals surface area contributed by atoms with Gasteiger partial charge in [0.05, 0.1) is 22.3 Å². The summed E-state index contributed by atoms with van der Waals surface area (Å²) in [4.78, 5) is 27.9. The Morgan fingerprint density at radius 2 is 1.73 bits per heavy atom. The molecular formula is C23H24N2O4S. The maximum atomic E-state index is 11.6. The molecule has 1 aromatic heterocycles. The lowest BCUT2D eigenvalue weighted by Crippen LogP contribution is -2.08. The van der Waals surface area contributed by atoms with Gasteiger partial charge in [0, 0.05) is 17.9 Å². The number of hydrogen-bond acceptors (Lipinski definition) is 4. The standard InChI is InChI=1S/C23H24N2O4S/c1-2-3-8-20-24-15-21(30-19-7-5-4-6-18(19)23(28)29)25(20)14-13-16-9-11-17(12-10-16)22(26)27/h4-7,9-12,15H,2-3,8,13-14H2,1H3,(H,26,27)(H,28,29). The van der Waals surface area contributed by atoms with Crippen molar-refractivity contribution in [1.82, 2.24) is 9.55 Å². The number of carboxylic acid groups (broad SMARTS) is 2. The van der Waals surface area contributed by atoms with Crippen molar-refractivity contribution < 1.29 is 19.8 Å². The zero-order valence-corrected chi connectivity index (χ0v) is 17.6. The second-order valence-corrected chi connectivity index (χ2v) is 7.99. The minimum absolute atomic E-state index is 0.270. The Hall–Kier alpha value is -3.06. The highest BCUT2D eigenvalue weighted by molar-refractivity contribution is 7.99. The number of aryl methyl sites for hydroxylation is 2. The average molecular weight is 425 g/mol. The Kier molecular flexibility index (Phi) is 7.30. The van der Waals surface area contributed by atoms with Crippen LogP contribution in [-0.4, -0.2) is 31.7 Å². The van der Waals surface area contributed by atoms with Crippen molar-refractivity contribution in [3.8, 4) is 0 Å². The summed E-state index contributed by atoms with van der Waals surface area (Å²) in [5.74, 6) is -0.906. The van der Waals surface area contributed by atoms with Gasteiger partial charge in [0.15, 0.2) is 0 Å². The van der Waals surface area contributed by atoms with Crippen molar-refractivity contribution in [2.45, 2.75) is 49.1 Å². The summed E-state index contributed by atoms with van der Waals surface area (Å²) in [6, 6.07) is 13.9. The maximum Gasteiger partial charge on any atom is 0.336 e. The molecule has 1 heterocycles. The molecule has 0 aliphatic carbocycles. The maximum absolute atomic E-state index is 11.6. The number of imidazole rings is 1.